The van der Waals surface area contributed by atoms with Crippen LogP contribution in [0.15, 0.2) is 12.2 Å². The first-order chi connectivity index (χ1) is 19.4. The van der Waals surface area contributed by atoms with Gasteiger partial charge in [0.2, 0.25) is 17.7 Å². The van der Waals surface area contributed by atoms with Crippen molar-refractivity contribution in [3.8, 4) is 0 Å². The molecule has 1 aliphatic rings. The second-order valence-electron chi connectivity index (χ2n) is 8.52. The van der Waals surface area contributed by atoms with Crippen LogP contribution in [0, 0.1) is 0 Å². The summed E-state index contributed by atoms with van der Waals surface area (Å²) in [7, 11) is 0. The highest BCUT2D eigenvalue weighted by molar-refractivity contribution is 6.13. The van der Waals surface area contributed by atoms with Crippen molar-refractivity contribution >= 4 is 29.5 Å². The summed E-state index contributed by atoms with van der Waals surface area (Å²) >= 11 is 0. The molecule has 14 heteroatoms. The molecule has 0 aliphatic carbocycles. The van der Waals surface area contributed by atoms with Gasteiger partial charge in [-0.05, 0) is 6.42 Å². The van der Waals surface area contributed by atoms with Crippen LogP contribution in [-0.2, 0) is 47.7 Å². The summed E-state index contributed by atoms with van der Waals surface area (Å²) in [6.45, 7) is 6.89. The number of ether oxygens (including phenoxy) is 5. The Morgan fingerprint density at radius 1 is 0.575 bits per heavy atom. The molecule has 0 aromatic carbocycles. The van der Waals surface area contributed by atoms with Gasteiger partial charge < -0.3 is 39.6 Å². The molecular formula is C26H44N4O10. The molecule has 0 spiro atoms. The Hall–Kier alpha value is -2.91. The smallest absolute Gasteiger partial charge is 0.253 e. The van der Waals surface area contributed by atoms with Crippen LogP contribution in [0.3, 0.4) is 0 Å². The van der Waals surface area contributed by atoms with E-state index in [-0.39, 0.29) is 37.1 Å². The third kappa shape index (κ3) is 19.2. The Morgan fingerprint density at radius 3 is 1.43 bits per heavy atom. The van der Waals surface area contributed by atoms with E-state index in [0.717, 1.165) is 11.3 Å². The predicted octanol–water partition coefficient (Wildman–Crippen LogP) is -1.08. The Labute approximate surface area is 235 Å². The van der Waals surface area contributed by atoms with Crippen molar-refractivity contribution in [3.05, 3.63) is 12.2 Å². The lowest BCUT2D eigenvalue weighted by atomic mass is 10.3. The van der Waals surface area contributed by atoms with Crippen LogP contribution in [-0.4, -0.2) is 127 Å². The van der Waals surface area contributed by atoms with Gasteiger partial charge in [-0.2, -0.15) is 0 Å². The van der Waals surface area contributed by atoms with Crippen molar-refractivity contribution in [2.45, 2.75) is 32.6 Å². The average molecular weight is 573 g/mol. The van der Waals surface area contributed by atoms with Crippen LogP contribution in [0.25, 0.3) is 0 Å². The average Bonchev–Trinajstić information content (AvgIpc) is 3.25. The van der Waals surface area contributed by atoms with Gasteiger partial charge in [-0.3, -0.25) is 28.9 Å². The second kappa shape index (κ2) is 23.9. The van der Waals surface area contributed by atoms with E-state index in [1.807, 2.05) is 6.92 Å². The molecule has 14 nitrogen and oxygen atoms in total. The highest BCUT2D eigenvalue weighted by Gasteiger charge is 2.23. The van der Waals surface area contributed by atoms with Crippen molar-refractivity contribution < 1.29 is 47.7 Å². The third-order valence-electron chi connectivity index (χ3n) is 5.24. The normalized spacial score (nSPS) is 12.7. The standard InChI is InChI=1S/C26H44N4O10/c1-2-3-22(31)27-8-13-37-14-9-29-24(33)7-12-36-16-18-39-20-21-40-19-17-38-15-10-28-23(32)6-11-30-25(34)4-5-26(30)35/h4-5H,2-3,6-21H2,1H3,(H,27,31)(H,28,32)(H,29,33). The summed E-state index contributed by atoms with van der Waals surface area (Å²) in [5.74, 6) is -1.18. The number of carbonyl (C=O) groups excluding carboxylic acids is 5. The Kier molecular flexibility index (Phi) is 21.0. The van der Waals surface area contributed by atoms with Crippen LogP contribution in [0.1, 0.15) is 32.6 Å². The molecule has 40 heavy (non-hydrogen) atoms. The molecule has 1 heterocycles. The first kappa shape index (κ1) is 35.1. The molecule has 0 bridgehead atoms. The van der Waals surface area contributed by atoms with Crippen molar-refractivity contribution in [1.82, 2.24) is 20.9 Å². The summed E-state index contributed by atoms with van der Waals surface area (Å²) in [6, 6.07) is 0. The topological polar surface area (TPSA) is 171 Å². The zero-order chi connectivity index (χ0) is 29.3. The Morgan fingerprint density at radius 2 is 0.950 bits per heavy atom. The van der Waals surface area contributed by atoms with Gasteiger partial charge in [0.05, 0.1) is 66.1 Å². The monoisotopic (exact) mass is 572 g/mol. The van der Waals surface area contributed by atoms with E-state index in [1.165, 1.54) is 12.2 Å². The van der Waals surface area contributed by atoms with E-state index >= 15 is 0 Å². The molecule has 228 valence electrons. The highest BCUT2D eigenvalue weighted by Crippen LogP contribution is 2.03. The van der Waals surface area contributed by atoms with Gasteiger partial charge in [-0.25, -0.2) is 0 Å². The maximum Gasteiger partial charge on any atom is 0.253 e. The zero-order valence-corrected chi connectivity index (χ0v) is 23.4. The molecule has 5 amide bonds. The fourth-order valence-corrected chi connectivity index (χ4v) is 3.17. The van der Waals surface area contributed by atoms with Crippen molar-refractivity contribution in [2.75, 3.05) is 92.2 Å². The zero-order valence-electron chi connectivity index (χ0n) is 23.4. The number of amides is 5. The quantitative estimate of drug-likeness (QED) is 0.0856. The fraction of sp³-hybridized carbons (Fsp3) is 0.731. The highest BCUT2D eigenvalue weighted by atomic mass is 16.6. The number of carbonyl (C=O) groups is 5. The van der Waals surface area contributed by atoms with Crippen molar-refractivity contribution in [3.63, 3.8) is 0 Å². The van der Waals surface area contributed by atoms with Gasteiger partial charge in [0.25, 0.3) is 11.8 Å². The minimum absolute atomic E-state index is 0.0167. The molecule has 0 aromatic rings. The van der Waals surface area contributed by atoms with Gasteiger partial charge in [-0.15, -0.1) is 0 Å². The van der Waals surface area contributed by atoms with Gasteiger partial charge in [0.15, 0.2) is 0 Å². The summed E-state index contributed by atoms with van der Waals surface area (Å²) < 4.78 is 26.9. The maximum absolute atomic E-state index is 11.8. The maximum atomic E-state index is 11.8. The summed E-state index contributed by atoms with van der Waals surface area (Å²) in [6.07, 6.45) is 3.99. The number of hydrogen-bond donors (Lipinski definition) is 3. The van der Waals surface area contributed by atoms with Gasteiger partial charge in [0, 0.05) is 57.6 Å². The molecule has 0 saturated heterocycles. The van der Waals surface area contributed by atoms with Crippen LogP contribution >= 0.6 is 0 Å². The van der Waals surface area contributed by atoms with Gasteiger partial charge >= 0.3 is 0 Å². The van der Waals surface area contributed by atoms with E-state index in [0.29, 0.717) is 92.1 Å². The second-order valence-corrected chi connectivity index (χ2v) is 8.52. The number of imide groups is 1. The van der Waals surface area contributed by atoms with Crippen LogP contribution in [0.2, 0.25) is 0 Å². The number of rotatable bonds is 26. The van der Waals surface area contributed by atoms with Gasteiger partial charge in [0.1, 0.15) is 0 Å². The molecule has 0 atom stereocenters. The third-order valence-corrected chi connectivity index (χ3v) is 5.24. The van der Waals surface area contributed by atoms with Crippen molar-refractivity contribution in [2.24, 2.45) is 0 Å². The van der Waals surface area contributed by atoms with Crippen LogP contribution in [0.5, 0.6) is 0 Å². The minimum atomic E-state index is -0.404. The molecule has 0 radical (unpaired) electrons. The minimum Gasteiger partial charge on any atom is -0.379 e. The van der Waals surface area contributed by atoms with Crippen LogP contribution in [0.4, 0.5) is 0 Å². The predicted molar refractivity (Wildman–Crippen MR) is 143 cm³/mol. The lowest BCUT2D eigenvalue weighted by Crippen LogP contribution is -2.35. The number of hydrogen-bond acceptors (Lipinski definition) is 10. The molecule has 0 unspecified atom stereocenters. The van der Waals surface area contributed by atoms with E-state index in [2.05, 4.69) is 16.0 Å². The molecule has 1 aliphatic heterocycles. The van der Waals surface area contributed by atoms with E-state index in [4.69, 9.17) is 23.7 Å². The van der Waals surface area contributed by atoms with Gasteiger partial charge in [-0.1, -0.05) is 6.92 Å². The number of nitrogens with zero attached hydrogens (tertiary/aromatic N) is 1. The van der Waals surface area contributed by atoms with E-state index in [1.54, 1.807) is 0 Å². The van der Waals surface area contributed by atoms with Crippen molar-refractivity contribution in [1.29, 1.82) is 0 Å². The Balaban J connectivity index is 1.76. The van der Waals surface area contributed by atoms with E-state index in [9.17, 15) is 24.0 Å². The first-order valence-electron chi connectivity index (χ1n) is 13.7. The van der Waals surface area contributed by atoms with E-state index < -0.39 is 11.8 Å². The Bertz CT molecular complexity index is 775. The molecule has 0 saturated carbocycles. The summed E-state index contributed by atoms with van der Waals surface area (Å²) in [5, 5.41) is 8.15. The largest absolute Gasteiger partial charge is 0.379 e. The molecule has 1 rings (SSSR count). The lowest BCUT2D eigenvalue weighted by molar-refractivity contribution is -0.137. The molecule has 0 aromatic heterocycles. The SMILES string of the molecule is CCCC(=O)NCCOCCNC(=O)CCOCCOCCOCCOCCNC(=O)CCN1C(=O)C=CC1=O. The fourth-order valence-electron chi connectivity index (χ4n) is 3.17. The van der Waals surface area contributed by atoms with Crippen LogP contribution < -0.4 is 16.0 Å². The molecule has 0 fully saturated rings. The molecular weight excluding hydrogens is 528 g/mol. The lowest BCUT2D eigenvalue weighted by Gasteiger charge is -2.13. The molecule has 3 N–H and O–H groups in total. The summed E-state index contributed by atoms with van der Waals surface area (Å²) in [4.78, 5) is 58.6. The first-order valence-corrected chi connectivity index (χ1v) is 13.7. The number of nitrogens with one attached hydrogen (secondary N) is 3. The summed E-state index contributed by atoms with van der Waals surface area (Å²) in [5.41, 5.74) is 0.